The van der Waals surface area contributed by atoms with E-state index in [0.29, 0.717) is 0 Å². The van der Waals surface area contributed by atoms with Gasteiger partial charge in [-0.3, -0.25) is 0 Å². The Morgan fingerprint density at radius 3 is 1.00 bits per heavy atom. The van der Waals surface area contributed by atoms with Gasteiger partial charge in [0.1, 0.15) is 0 Å². The first-order chi connectivity index (χ1) is 2.96. The fourth-order valence-corrected chi connectivity index (χ4v) is 33.8. The summed E-state index contributed by atoms with van der Waals surface area (Å²) < 4.78 is 0. The topological polar surface area (TPSA) is 0 Å². The molecule has 1 aliphatic rings. The van der Waals surface area contributed by atoms with Gasteiger partial charge in [0.05, 0.1) is 0 Å². The predicted molar refractivity (Wildman–Crippen MR) is 40.7 cm³/mol. The molecule has 1 fully saturated rings. The molecule has 0 unspecified atom stereocenters. The van der Waals surface area contributed by atoms with Crippen molar-refractivity contribution in [3.63, 3.8) is 0 Å². The first kappa shape index (κ1) is 5.78. The summed E-state index contributed by atoms with van der Waals surface area (Å²) in [6, 6.07) is 0. The van der Waals surface area contributed by atoms with E-state index in [-0.39, 0.29) is 0 Å². The maximum atomic E-state index is 2.54. The second-order valence-corrected chi connectivity index (χ2v) is 31.1. The average Bonchev–Trinajstić information content (AvgIpc) is 1.63. The number of rotatable bonds is 0. The molecular weight excluding hydrogens is 132 g/mol. The zero-order chi connectivity index (χ0) is 5.71. The quantitative estimate of drug-likeness (QED) is 0.448. The van der Waals surface area contributed by atoms with E-state index in [1.165, 1.54) is 8.55 Å². The maximum absolute atomic E-state index is 2.54. The average molecular weight is 144 g/mol. The van der Waals surface area contributed by atoms with E-state index in [0.717, 1.165) is 0 Å². The van der Waals surface area contributed by atoms with Crippen molar-refractivity contribution in [2.45, 2.75) is 26.2 Å². The van der Waals surface area contributed by atoms with Gasteiger partial charge in [0.15, 0.2) is 0 Å². The zero-order valence-electron chi connectivity index (χ0n) is 5.50. The van der Waals surface area contributed by atoms with E-state index in [2.05, 4.69) is 26.2 Å². The van der Waals surface area contributed by atoms with Gasteiger partial charge in [0, 0.05) is 22.8 Å². The van der Waals surface area contributed by atoms with Gasteiger partial charge in [-0.2, -0.15) is 0 Å². The molecule has 1 heterocycles. The summed E-state index contributed by atoms with van der Waals surface area (Å²) in [6.45, 7) is 10.2. The van der Waals surface area contributed by atoms with Crippen molar-refractivity contribution in [2.24, 2.45) is 0 Å². The van der Waals surface area contributed by atoms with E-state index in [1.807, 2.05) is 0 Å². The summed E-state index contributed by atoms with van der Waals surface area (Å²) in [4.78, 5) is 0. The molecule has 2 radical (unpaired) electrons. The fraction of sp³-hybridized carbons (Fsp3) is 1.00. The monoisotopic (exact) mass is 144 g/mol. The lowest BCUT2D eigenvalue weighted by Gasteiger charge is -2.01. The molecule has 0 aromatic heterocycles. The van der Waals surface area contributed by atoms with E-state index < -0.39 is 14.2 Å². The van der Waals surface area contributed by atoms with Crippen LogP contribution in [0, 0.1) is 0 Å². The Labute approximate surface area is 49.5 Å². The smallest absolute Gasteiger partial charge is 0.0244 e. The highest BCUT2D eigenvalue weighted by atomic mass is 30.2. The third-order valence-electron chi connectivity index (χ3n) is 2.12. The molecule has 0 aromatic carbocycles. The lowest BCUT2D eigenvalue weighted by atomic mass is 11.9. The largest absolute Gasteiger partial charge is 0.0739 e. The summed E-state index contributed by atoms with van der Waals surface area (Å²) in [7, 11) is 0.620. The van der Waals surface area contributed by atoms with Crippen LogP contribution in [0.1, 0.15) is 0 Å². The van der Waals surface area contributed by atoms with Crippen LogP contribution >= 0.6 is 0 Å². The molecule has 3 heteroatoms. The number of hydrogen-bond acceptors (Lipinski definition) is 0. The maximum Gasteiger partial charge on any atom is 0.0244 e. The molecule has 0 nitrogen and oxygen atoms in total. The van der Waals surface area contributed by atoms with Crippen molar-refractivity contribution in [3.05, 3.63) is 0 Å². The third-order valence-corrected chi connectivity index (χ3v) is 39.4. The van der Waals surface area contributed by atoms with Gasteiger partial charge in [-0.25, -0.2) is 0 Å². The standard InChI is InChI=1S/C4H12Si3/c1-6(2)5-7(6,3)4/h1-4H3. The summed E-state index contributed by atoms with van der Waals surface area (Å²) in [5.74, 6) is 0. The van der Waals surface area contributed by atoms with Crippen LogP contribution in [-0.2, 0) is 0 Å². The van der Waals surface area contributed by atoms with Crippen molar-refractivity contribution in [2.75, 3.05) is 0 Å². The van der Waals surface area contributed by atoms with E-state index in [9.17, 15) is 0 Å². The van der Waals surface area contributed by atoms with E-state index in [1.54, 1.807) is 0 Å². The van der Waals surface area contributed by atoms with Gasteiger partial charge in [-0.1, -0.05) is 26.2 Å². The minimum absolute atomic E-state index is 0.422. The lowest BCUT2D eigenvalue weighted by molar-refractivity contribution is 1.97. The van der Waals surface area contributed by atoms with Gasteiger partial charge in [0.2, 0.25) is 0 Å². The second kappa shape index (κ2) is 1.14. The molecule has 1 rings (SSSR count). The van der Waals surface area contributed by atoms with Gasteiger partial charge in [-0.15, -0.1) is 0 Å². The molecule has 0 saturated carbocycles. The molecule has 0 aromatic rings. The first-order valence-corrected chi connectivity index (χ1v) is 12.8. The second-order valence-electron chi connectivity index (χ2n) is 3.38. The molecule has 40 valence electrons. The molecule has 0 amide bonds. The fourth-order valence-electron chi connectivity index (χ4n) is 0.750. The Morgan fingerprint density at radius 1 is 0.857 bits per heavy atom. The summed E-state index contributed by atoms with van der Waals surface area (Å²) >= 11 is 0. The summed E-state index contributed by atoms with van der Waals surface area (Å²) in [6.07, 6.45) is 0. The van der Waals surface area contributed by atoms with Crippen molar-refractivity contribution < 1.29 is 0 Å². The SMILES string of the molecule is C[Si]1(C)[Si][Si]1(C)C. The molecule has 0 atom stereocenters. The van der Waals surface area contributed by atoms with Crippen LogP contribution in [0.25, 0.3) is 0 Å². The molecular formula is C4H12Si3. The van der Waals surface area contributed by atoms with E-state index in [4.69, 9.17) is 0 Å². The Bertz CT molecular complexity index is 83.1. The van der Waals surface area contributed by atoms with Crippen molar-refractivity contribution in [1.29, 1.82) is 0 Å². The number of hydrogen-bond donors (Lipinski definition) is 0. The van der Waals surface area contributed by atoms with Crippen LogP contribution in [0.5, 0.6) is 0 Å². The van der Waals surface area contributed by atoms with Crippen LogP contribution in [0.4, 0.5) is 0 Å². The van der Waals surface area contributed by atoms with Crippen molar-refractivity contribution >= 4 is 22.8 Å². The van der Waals surface area contributed by atoms with Crippen LogP contribution in [0.15, 0.2) is 0 Å². The van der Waals surface area contributed by atoms with Crippen LogP contribution in [0.2, 0.25) is 26.2 Å². The Hall–Kier alpha value is 0.651. The Balaban J connectivity index is 2.59. The van der Waals surface area contributed by atoms with Crippen LogP contribution in [0.3, 0.4) is 0 Å². The minimum Gasteiger partial charge on any atom is -0.0739 e. The van der Waals surface area contributed by atoms with Gasteiger partial charge in [-0.05, 0) is 0 Å². The molecule has 0 N–H and O–H groups in total. The highest BCUT2D eigenvalue weighted by Crippen LogP contribution is 2.32. The molecule has 7 heavy (non-hydrogen) atoms. The van der Waals surface area contributed by atoms with Gasteiger partial charge in [0.25, 0.3) is 0 Å². The van der Waals surface area contributed by atoms with Crippen molar-refractivity contribution in [3.8, 4) is 0 Å². The minimum atomic E-state index is -0.422. The Kier molecular flexibility index (Phi) is 0.941. The highest BCUT2D eigenvalue weighted by Gasteiger charge is 2.57. The summed E-state index contributed by atoms with van der Waals surface area (Å²) in [5.41, 5.74) is 0. The normalized spacial score (nSPS) is 32.6. The Morgan fingerprint density at radius 2 is 1.00 bits per heavy atom. The van der Waals surface area contributed by atoms with Crippen molar-refractivity contribution in [1.82, 2.24) is 0 Å². The van der Waals surface area contributed by atoms with Gasteiger partial charge < -0.3 is 0 Å². The van der Waals surface area contributed by atoms with E-state index >= 15 is 0 Å². The lowest BCUT2D eigenvalue weighted by Crippen LogP contribution is -2.21. The zero-order valence-corrected chi connectivity index (χ0v) is 8.50. The molecule has 1 aliphatic heterocycles. The molecule has 0 spiro atoms. The van der Waals surface area contributed by atoms with Crippen LogP contribution in [-0.4, -0.2) is 22.8 Å². The highest BCUT2D eigenvalue weighted by molar-refractivity contribution is 8.02. The van der Waals surface area contributed by atoms with Gasteiger partial charge >= 0.3 is 0 Å². The first-order valence-electron chi connectivity index (χ1n) is 2.75. The predicted octanol–water partition coefficient (Wildman–Crippen LogP) is 1.19. The van der Waals surface area contributed by atoms with Crippen LogP contribution < -0.4 is 0 Å². The summed E-state index contributed by atoms with van der Waals surface area (Å²) in [5, 5.41) is 0. The molecule has 0 bridgehead atoms. The third kappa shape index (κ3) is 0.772. The molecule has 1 saturated heterocycles. The molecule has 0 aliphatic carbocycles.